The predicted octanol–water partition coefficient (Wildman–Crippen LogP) is 3.94. The van der Waals surface area contributed by atoms with Gasteiger partial charge in [0.15, 0.2) is 5.11 Å². The summed E-state index contributed by atoms with van der Waals surface area (Å²) < 4.78 is 4.94. The van der Waals surface area contributed by atoms with Gasteiger partial charge in [0.05, 0.1) is 12.7 Å². The zero-order chi connectivity index (χ0) is 19.2. The van der Waals surface area contributed by atoms with E-state index in [1.54, 1.807) is 6.08 Å². The Balaban J connectivity index is 1.69. The number of esters is 1. The number of thiophene rings is 1. The van der Waals surface area contributed by atoms with Crippen LogP contribution < -0.4 is 10.6 Å². The quantitative estimate of drug-likeness (QED) is 0.462. The molecule has 5 nitrogen and oxygen atoms in total. The minimum absolute atomic E-state index is 0.154. The number of methoxy groups -OCH3 is 1. The fourth-order valence-corrected chi connectivity index (χ4v) is 4.55. The van der Waals surface area contributed by atoms with Crippen molar-refractivity contribution >= 4 is 51.6 Å². The van der Waals surface area contributed by atoms with Crippen molar-refractivity contribution in [2.45, 2.75) is 25.7 Å². The van der Waals surface area contributed by atoms with Crippen molar-refractivity contribution in [1.29, 1.82) is 0 Å². The monoisotopic (exact) mass is 400 g/mol. The van der Waals surface area contributed by atoms with E-state index in [1.165, 1.54) is 29.4 Å². The van der Waals surface area contributed by atoms with Gasteiger partial charge >= 0.3 is 5.97 Å². The van der Waals surface area contributed by atoms with E-state index in [-0.39, 0.29) is 17.0 Å². The van der Waals surface area contributed by atoms with Gasteiger partial charge in [0.1, 0.15) is 5.00 Å². The normalized spacial score (nSPS) is 13.1. The van der Waals surface area contributed by atoms with Gasteiger partial charge < -0.3 is 10.1 Å². The van der Waals surface area contributed by atoms with Crippen LogP contribution in [0, 0.1) is 0 Å². The molecule has 0 unspecified atom stereocenters. The van der Waals surface area contributed by atoms with Gasteiger partial charge in [-0.2, -0.15) is 0 Å². The molecule has 27 heavy (non-hydrogen) atoms. The van der Waals surface area contributed by atoms with E-state index in [4.69, 9.17) is 17.0 Å². The maximum absolute atomic E-state index is 12.2. The number of carbonyl (C=O) groups excluding carboxylic acids is 2. The Morgan fingerprint density at radius 2 is 1.93 bits per heavy atom. The third-order valence-corrected chi connectivity index (χ3v) is 5.66. The Labute approximate surface area is 167 Å². The van der Waals surface area contributed by atoms with Gasteiger partial charge in [0, 0.05) is 11.0 Å². The molecule has 1 aromatic heterocycles. The van der Waals surface area contributed by atoms with Crippen LogP contribution in [0.4, 0.5) is 5.00 Å². The maximum Gasteiger partial charge on any atom is 0.341 e. The maximum atomic E-state index is 12.2. The van der Waals surface area contributed by atoms with E-state index >= 15 is 0 Å². The number of carbonyl (C=O) groups is 2. The summed E-state index contributed by atoms with van der Waals surface area (Å²) in [4.78, 5) is 25.5. The number of aryl methyl sites for hydroxylation is 1. The van der Waals surface area contributed by atoms with E-state index in [9.17, 15) is 9.59 Å². The molecule has 1 heterocycles. The summed E-state index contributed by atoms with van der Waals surface area (Å²) in [6.45, 7) is 0. The van der Waals surface area contributed by atoms with E-state index in [2.05, 4.69) is 10.6 Å². The fraction of sp³-hybridized carbons (Fsp3) is 0.250. The topological polar surface area (TPSA) is 67.4 Å². The van der Waals surface area contributed by atoms with Crippen LogP contribution in [0.1, 0.15) is 39.2 Å². The molecule has 3 rings (SSSR count). The van der Waals surface area contributed by atoms with Gasteiger partial charge in [-0.15, -0.1) is 11.3 Å². The molecule has 1 amide bonds. The van der Waals surface area contributed by atoms with Gasteiger partial charge in [0.2, 0.25) is 5.91 Å². The average molecular weight is 401 g/mol. The van der Waals surface area contributed by atoms with Crippen LogP contribution in [-0.4, -0.2) is 24.1 Å². The molecule has 140 valence electrons. The van der Waals surface area contributed by atoms with Gasteiger partial charge in [0.25, 0.3) is 0 Å². The molecule has 0 spiro atoms. The second-order valence-electron chi connectivity index (χ2n) is 6.09. The van der Waals surface area contributed by atoms with Crippen molar-refractivity contribution in [3.8, 4) is 0 Å². The highest BCUT2D eigenvalue weighted by molar-refractivity contribution is 7.80. The van der Waals surface area contributed by atoms with Crippen molar-refractivity contribution in [3.05, 3.63) is 58.0 Å². The van der Waals surface area contributed by atoms with Crippen LogP contribution in [0.25, 0.3) is 6.08 Å². The Morgan fingerprint density at radius 3 is 2.67 bits per heavy atom. The largest absolute Gasteiger partial charge is 0.465 e. The van der Waals surface area contributed by atoms with E-state index in [0.717, 1.165) is 36.8 Å². The number of thiocarbonyl (C=S) groups is 1. The van der Waals surface area contributed by atoms with E-state index in [0.29, 0.717) is 10.6 Å². The Kier molecular flexibility index (Phi) is 6.36. The zero-order valence-corrected chi connectivity index (χ0v) is 16.5. The number of amides is 1. The number of hydrogen-bond acceptors (Lipinski definition) is 5. The lowest BCUT2D eigenvalue weighted by Gasteiger charge is -2.12. The Morgan fingerprint density at radius 1 is 1.19 bits per heavy atom. The van der Waals surface area contributed by atoms with Crippen LogP contribution in [0.15, 0.2) is 36.4 Å². The summed E-state index contributed by atoms with van der Waals surface area (Å²) in [7, 11) is 1.37. The van der Waals surface area contributed by atoms with Crippen LogP contribution in [0.3, 0.4) is 0 Å². The summed E-state index contributed by atoms with van der Waals surface area (Å²) in [6.07, 6.45) is 7.10. The first kappa shape index (κ1) is 19.3. The first-order valence-corrected chi connectivity index (χ1v) is 9.89. The SMILES string of the molecule is COC(=O)c1c(NC(=S)NC(=O)/C=C/c2ccccc2)sc2c1CCCC2. The zero-order valence-electron chi connectivity index (χ0n) is 14.9. The molecule has 0 atom stereocenters. The number of benzene rings is 1. The van der Waals surface area contributed by atoms with Gasteiger partial charge in [-0.3, -0.25) is 10.1 Å². The number of hydrogen-bond donors (Lipinski definition) is 2. The first-order valence-electron chi connectivity index (χ1n) is 8.66. The van der Waals surface area contributed by atoms with Crippen molar-refractivity contribution < 1.29 is 14.3 Å². The smallest absolute Gasteiger partial charge is 0.341 e. The molecule has 0 saturated heterocycles. The van der Waals surface area contributed by atoms with E-state index in [1.807, 2.05) is 30.3 Å². The highest BCUT2D eigenvalue weighted by Gasteiger charge is 2.26. The standard InChI is InChI=1S/C20H20N2O3S2/c1-25-19(24)17-14-9-5-6-10-15(14)27-18(17)22-20(26)21-16(23)12-11-13-7-3-2-4-8-13/h2-4,7-8,11-12H,5-6,9-10H2,1H3,(H2,21,22,23,26)/b12-11+. The summed E-state index contributed by atoms with van der Waals surface area (Å²) in [5.41, 5.74) is 2.50. The number of fused-ring (bicyclic) bond motifs is 1. The second kappa shape index (κ2) is 8.92. The van der Waals surface area contributed by atoms with E-state index < -0.39 is 0 Å². The van der Waals surface area contributed by atoms with Crippen molar-refractivity contribution in [2.75, 3.05) is 12.4 Å². The molecule has 0 fully saturated rings. The van der Waals surface area contributed by atoms with Crippen LogP contribution in [-0.2, 0) is 22.4 Å². The number of nitrogens with one attached hydrogen (secondary N) is 2. The number of anilines is 1. The molecule has 1 aliphatic carbocycles. The predicted molar refractivity (Wildman–Crippen MR) is 112 cm³/mol. The Bertz CT molecular complexity index is 888. The minimum Gasteiger partial charge on any atom is -0.465 e. The van der Waals surface area contributed by atoms with Crippen LogP contribution >= 0.6 is 23.6 Å². The van der Waals surface area contributed by atoms with Gasteiger partial charge in [-0.25, -0.2) is 4.79 Å². The first-order chi connectivity index (χ1) is 13.1. The Hall–Kier alpha value is -2.51. The molecule has 7 heteroatoms. The molecule has 0 saturated carbocycles. The van der Waals surface area contributed by atoms with Crippen molar-refractivity contribution in [2.24, 2.45) is 0 Å². The van der Waals surface area contributed by atoms with Crippen LogP contribution in [0.2, 0.25) is 0 Å². The molecule has 0 bridgehead atoms. The average Bonchev–Trinajstić information content (AvgIpc) is 3.04. The molecule has 0 aliphatic heterocycles. The highest BCUT2D eigenvalue weighted by Crippen LogP contribution is 2.38. The number of ether oxygens (including phenoxy) is 1. The molecule has 1 aromatic carbocycles. The lowest BCUT2D eigenvalue weighted by molar-refractivity contribution is -0.115. The second-order valence-corrected chi connectivity index (χ2v) is 7.61. The number of rotatable bonds is 4. The lowest BCUT2D eigenvalue weighted by Crippen LogP contribution is -2.33. The highest BCUT2D eigenvalue weighted by atomic mass is 32.1. The summed E-state index contributed by atoms with van der Waals surface area (Å²) in [6, 6.07) is 9.52. The summed E-state index contributed by atoms with van der Waals surface area (Å²) in [5, 5.41) is 6.39. The molecular weight excluding hydrogens is 380 g/mol. The van der Waals surface area contributed by atoms with Crippen molar-refractivity contribution in [3.63, 3.8) is 0 Å². The molecule has 0 radical (unpaired) electrons. The van der Waals surface area contributed by atoms with Crippen LogP contribution in [0.5, 0.6) is 0 Å². The van der Waals surface area contributed by atoms with Crippen molar-refractivity contribution in [1.82, 2.24) is 5.32 Å². The van der Waals surface area contributed by atoms with Gasteiger partial charge in [-0.1, -0.05) is 30.3 Å². The lowest BCUT2D eigenvalue weighted by atomic mass is 9.95. The molecule has 2 N–H and O–H groups in total. The summed E-state index contributed by atoms with van der Waals surface area (Å²) >= 11 is 6.75. The van der Waals surface area contributed by atoms with Gasteiger partial charge in [-0.05, 0) is 55.1 Å². The third-order valence-electron chi connectivity index (χ3n) is 4.25. The minimum atomic E-state index is -0.380. The molecule has 1 aliphatic rings. The molecule has 2 aromatic rings. The molecular formula is C20H20N2O3S2. The summed E-state index contributed by atoms with van der Waals surface area (Å²) in [5.74, 6) is -0.715. The third kappa shape index (κ3) is 4.81. The fourth-order valence-electron chi connectivity index (χ4n) is 3.00.